The minimum atomic E-state index is -0.111. The van der Waals surface area contributed by atoms with E-state index >= 15 is 0 Å². The first kappa shape index (κ1) is 17.9. The van der Waals surface area contributed by atoms with Gasteiger partial charge in [-0.05, 0) is 50.5 Å². The molecular formula is C22H22N2O2S. The van der Waals surface area contributed by atoms with Crippen LogP contribution >= 0.6 is 11.8 Å². The zero-order valence-electron chi connectivity index (χ0n) is 15.8. The molecular weight excluding hydrogens is 356 g/mol. The summed E-state index contributed by atoms with van der Waals surface area (Å²) >= 11 is 1.63. The first-order valence-electron chi connectivity index (χ1n) is 9.13. The van der Waals surface area contributed by atoms with E-state index in [0.717, 1.165) is 50.7 Å². The Hall–Kier alpha value is -2.53. The van der Waals surface area contributed by atoms with Crippen LogP contribution in [0, 0.1) is 20.8 Å². The number of thioether (sulfide) groups is 1. The number of para-hydroxylation sites is 1. The van der Waals surface area contributed by atoms with E-state index < -0.39 is 0 Å². The molecule has 5 heteroatoms. The summed E-state index contributed by atoms with van der Waals surface area (Å²) in [5.74, 6) is 1.26. The zero-order valence-corrected chi connectivity index (χ0v) is 16.6. The monoisotopic (exact) mass is 378 g/mol. The Balaban J connectivity index is 1.73. The van der Waals surface area contributed by atoms with Gasteiger partial charge in [-0.3, -0.25) is 9.69 Å². The molecule has 1 fully saturated rings. The number of nitrogens with zero attached hydrogens (tertiary/aromatic N) is 2. The van der Waals surface area contributed by atoms with Crippen molar-refractivity contribution in [1.29, 1.82) is 0 Å². The van der Waals surface area contributed by atoms with Crippen molar-refractivity contribution in [2.24, 2.45) is 4.99 Å². The van der Waals surface area contributed by atoms with Gasteiger partial charge in [0.25, 0.3) is 5.91 Å². The number of furan rings is 1. The maximum absolute atomic E-state index is 13.3. The van der Waals surface area contributed by atoms with Crippen LogP contribution < -0.4 is 0 Å². The lowest BCUT2D eigenvalue weighted by Gasteiger charge is -2.27. The molecule has 27 heavy (non-hydrogen) atoms. The van der Waals surface area contributed by atoms with Crippen LogP contribution in [0.3, 0.4) is 0 Å². The Bertz CT molecular complexity index is 1050. The van der Waals surface area contributed by atoms with Gasteiger partial charge < -0.3 is 4.42 Å². The lowest BCUT2D eigenvalue weighted by atomic mass is 10.1. The average molecular weight is 378 g/mol. The molecule has 4 rings (SSSR count). The quantitative estimate of drug-likeness (QED) is 0.581. The number of benzene rings is 2. The largest absolute Gasteiger partial charge is 0.451 e. The Labute approximate surface area is 163 Å². The first-order chi connectivity index (χ1) is 13.0. The maximum Gasteiger partial charge on any atom is 0.295 e. The highest BCUT2D eigenvalue weighted by Crippen LogP contribution is 2.30. The molecule has 2 heterocycles. The first-order valence-corrected chi connectivity index (χ1v) is 10.1. The third-order valence-corrected chi connectivity index (χ3v) is 5.91. The Kier molecular flexibility index (Phi) is 4.79. The molecule has 0 N–H and O–H groups in total. The molecule has 138 valence electrons. The van der Waals surface area contributed by atoms with E-state index in [2.05, 4.69) is 25.1 Å². The molecule has 0 aliphatic carbocycles. The summed E-state index contributed by atoms with van der Waals surface area (Å²) in [4.78, 5) is 19.9. The number of aryl methyl sites for hydroxylation is 3. The van der Waals surface area contributed by atoms with E-state index in [1.807, 2.05) is 38.1 Å². The third kappa shape index (κ3) is 3.39. The van der Waals surface area contributed by atoms with Gasteiger partial charge in [-0.25, -0.2) is 4.99 Å². The summed E-state index contributed by atoms with van der Waals surface area (Å²) in [6.45, 7) is 6.70. The summed E-state index contributed by atoms with van der Waals surface area (Å²) in [6.07, 6.45) is 0.946. The van der Waals surface area contributed by atoms with Crippen LogP contribution in [0.2, 0.25) is 0 Å². The second-order valence-electron chi connectivity index (χ2n) is 6.90. The van der Waals surface area contributed by atoms with Gasteiger partial charge in [0.2, 0.25) is 0 Å². The van der Waals surface area contributed by atoms with Crippen LogP contribution in [0.1, 0.15) is 33.7 Å². The minimum Gasteiger partial charge on any atom is -0.451 e. The summed E-state index contributed by atoms with van der Waals surface area (Å²) in [5.41, 5.74) is 4.81. The molecule has 0 unspecified atom stereocenters. The zero-order chi connectivity index (χ0) is 19.0. The van der Waals surface area contributed by atoms with Crippen molar-refractivity contribution in [2.75, 3.05) is 12.3 Å². The van der Waals surface area contributed by atoms with Crippen LogP contribution in [-0.4, -0.2) is 28.3 Å². The molecule has 0 bridgehead atoms. The highest BCUT2D eigenvalue weighted by Gasteiger charge is 2.29. The number of hydrogen-bond acceptors (Lipinski definition) is 4. The molecule has 0 radical (unpaired) electrons. The van der Waals surface area contributed by atoms with E-state index in [-0.39, 0.29) is 5.91 Å². The molecule has 1 amide bonds. The molecule has 3 aromatic rings. The maximum atomic E-state index is 13.3. The Morgan fingerprint density at radius 3 is 2.78 bits per heavy atom. The standard InChI is InChI=1S/C22H22N2O2S/c1-14-9-10-15(2)18(13-14)23-22-24(11-6-12-27-22)21(25)20-16(3)17-7-4-5-8-19(17)26-20/h4-5,7-10,13H,6,11-12H2,1-3H3. The topological polar surface area (TPSA) is 45.8 Å². The van der Waals surface area contributed by atoms with Gasteiger partial charge in [0.05, 0.1) is 5.69 Å². The summed E-state index contributed by atoms with van der Waals surface area (Å²) in [5, 5.41) is 1.73. The van der Waals surface area contributed by atoms with Gasteiger partial charge in [0.1, 0.15) is 5.58 Å². The van der Waals surface area contributed by atoms with Gasteiger partial charge in [0, 0.05) is 23.2 Å². The number of amidine groups is 1. The molecule has 0 atom stereocenters. The van der Waals surface area contributed by atoms with Gasteiger partial charge in [-0.2, -0.15) is 0 Å². The molecule has 4 nitrogen and oxygen atoms in total. The second-order valence-corrected chi connectivity index (χ2v) is 7.96. The van der Waals surface area contributed by atoms with Crippen LogP contribution in [0.4, 0.5) is 5.69 Å². The number of fused-ring (bicyclic) bond motifs is 1. The van der Waals surface area contributed by atoms with Gasteiger partial charge in [-0.15, -0.1) is 0 Å². The van der Waals surface area contributed by atoms with Crippen molar-refractivity contribution >= 4 is 39.5 Å². The van der Waals surface area contributed by atoms with Crippen LogP contribution in [-0.2, 0) is 0 Å². The van der Waals surface area contributed by atoms with Crippen molar-refractivity contribution in [3.8, 4) is 0 Å². The molecule has 0 saturated carbocycles. The smallest absolute Gasteiger partial charge is 0.295 e. The highest BCUT2D eigenvalue weighted by atomic mass is 32.2. The Morgan fingerprint density at radius 1 is 1.15 bits per heavy atom. The predicted octanol–water partition coefficient (Wildman–Crippen LogP) is 5.62. The van der Waals surface area contributed by atoms with Crippen LogP contribution in [0.15, 0.2) is 51.9 Å². The number of carbonyl (C=O) groups excluding carboxylic acids is 1. The average Bonchev–Trinajstić information content (AvgIpc) is 3.02. The fourth-order valence-corrected chi connectivity index (χ4v) is 4.23. The third-order valence-electron chi connectivity index (χ3n) is 4.85. The minimum absolute atomic E-state index is 0.111. The number of rotatable bonds is 2. The number of hydrogen-bond donors (Lipinski definition) is 0. The molecule has 1 aliphatic rings. The number of amides is 1. The fourth-order valence-electron chi connectivity index (χ4n) is 3.28. The molecule has 2 aromatic carbocycles. The SMILES string of the molecule is Cc1ccc(C)c(N=C2SCCCN2C(=O)c2oc3ccccc3c2C)c1. The molecule has 0 spiro atoms. The Morgan fingerprint density at radius 2 is 1.96 bits per heavy atom. The predicted molar refractivity (Wildman–Crippen MR) is 112 cm³/mol. The second kappa shape index (κ2) is 7.24. The van der Waals surface area contributed by atoms with E-state index in [1.54, 1.807) is 16.7 Å². The summed E-state index contributed by atoms with van der Waals surface area (Å²) in [6, 6.07) is 14.0. The van der Waals surface area contributed by atoms with E-state index in [1.165, 1.54) is 0 Å². The van der Waals surface area contributed by atoms with Crippen molar-refractivity contribution in [2.45, 2.75) is 27.2 Å². The van der Waals surface area contributed by atoms with Crippen molar-refractivity contribution in [1.82, 2.24) is 4.90 Å². The van der Waals surface area contributed by atoms with Gasteiger partial charge >= 0.3 is 0 Å². The fraction of sp³-hybridized carbons (Fsp3) is 0.273. The summed E-state index contributed by atoms with van der Waals surface area (Å²) < 4.78 is 5.90. The van der Waals surface area contributed by atoms with Gasteiger partial charge in [-0.1, -0.05) is 42.1 Å². The van der Waals surface area contributed by atoms with Gasteiger partial charge in [0.15, 0.2) is 10.9 Å². The molecule has 1 aliphatic heterocycles. The molecule has 1 aromatic heterocycles. The van der Waals surface area contributed by atoms with E-state index in [0.29, 0.717) is 12.3 Å². The van der Waals surface area contributed by atoms with Crippen molar-refractivity contribution in [3.63, 3.8) is 0 Å². The van der Waals surface area contributed by atoms with E-state index in [9.17, 15) is 4.79 Å². The highest BCUT2D eigenvalue weighted by molar-refractivity contribution is 8.13. The number of carbonyl (C=O) groups is 1. The summed E-state index contributed by atoms with van der Waals surface area (Å²) in [7, 11) is 0. The number of aliphatic imine (C=N–C) groups is 1. The lowest BCUT2D eigenvalue weighted by molar-refractivity contribution is 0.0820. The normalized spacial score (nSPS) is 16.3. The lowest BCUT2D eigenvalue weighted by Crippen LogP contribution is -2.39. The van der Waals surface area contributed by atoms with Crippen LogP contribution in [0.5, 0.6) is 0 Å². The molecule has 1 saturated heterocycles. The van der Waals surface area contributed by atoms with Crippen molar-refractivity contribution in [3.05, 3.63) is 64.9 Å². The van der Waals surface area contributed by atoms with Crippen LogP contribution in [0.25, 0.3) is 11.0 Å². The van der Waals surface area contributed by atoms with E-state index in [4.69, 9.17) is 9.41 Å². The van der Waals surface area contributed by atoms with Crippen molar-refractivity contribution < 1.29 is 9.21 Å².